The fourth-order valence-electron chi connectivity index (χ4n) is 2.52. The maximum absolute atomic E-state index is 12.0. The smallest absolute Gasteiger partial charge is 0.305 e. The molecule has 0 atom stereocenters. The number of rotatable bonds is 6. The van der Waals surface area contributed by atoms with Crippen molar-refractivity contribution in [2.75, 3.05) is 11.9 Å². The van der Waals surface area contributed by atoms with Gasteiger partial charge in [-0.1, -0.05) is 12.8 Å². The molecule has 6 nitrogen and oxygen atoms in total. The molecule has 1 aromatic rings. The van der Waals surface area contributed by atoms with E-state index in [0.717, 1.165) is 25.7 Å². The van der Waals surface area contributed by atoms with Crippen LogP contribution in [0.5, 0.6) is 0 Å². The molecule has 1 fully saturated rings. The molecule has 0 saturated heterocycles. The van der Waals surface area contributed by atoms with Crippen molar-refractivity contribution in [1.29, 1.82) is 0 Å². The SMILES string of the molecule is O=C(O)CCNC(=O)c1ccc(NC(=O)C2CCCC2)cc1. The minimum absolute atomic E-state index is 0.0381. The molecule has 6 heteroatoms. The first-order valence-electron chi connectivity index (χ1n) is 7.47. The number of hydrogen-bond acceptors (Lipinski definition) is 3. The monoisotopic (exact) mass is 304 g/mol. The first kappa shape index (κ1) is 16.0. The second-order valence-corrected chi connectivity index (χ2v) is 5.45. The van der Waals surface area contributed by atoms with Crippen LogP contribution in [-0.4, -0.2) is 29.4 Å². The molecule has 0 aliphatic heterocycles. The molecule has 0 radical (unpaired) electrons. The van der Waals surface area contributed by atoms with Crippen LogP contribution in [0, 0.1) is 5.92 Å². The van der Waals surface area contributed by atoms with Gasteiger partial charge < -0.3 is 15.7 Å². The third-order valence-corrected chi connectivity index (χ3v) is 3.77. The van der Waals surface area contributed by atoms with Gasteiger partial charge in [0.05, 0.1) is 6.42 Å². The van der Waals surface area contributed by atoms with Gasteiger partial charge >= 0.3 is 5.97 Å². The summed E-state index contributed by atoms with van der Waals surface area (Å²) in [5, 5.41) is 13.9. The number of carboxylic acid groups (broad SMARTS) is 1. The van der Waals surface area contributed by atoms with Crippen molar-refractivity contribution in [2.24, 2.45) is 5.92 Å². The molecule has 1 aliphatic rings. The van der Waals surface area contributed by atoms with Crippen molar-refractivity contribution in [3.8, 4) is 0 Å². The first-order chi connectivity index (χ1) is 10.6. The fraction of sp³-hybridized carbons (Fsp3) is 0.438. The van der Waals surface area contributed by atoms with E-state index in [1.54, 1.807) is 24.3 Å². The zero-order valence-corrected chi connectivity index (χ0v) is 12.3. The standard InChI is InChI=1S/C16H20N2O4/c19-14(20)9-10-17-15(21)12-5-7-13(8-6-12)18-16(22)11-3-1-2-4-11/h5-8,11H,1-4,9-10H2,(H,17,21)(H,18,22)(H,19,20). The Balaban J connectivity index is 1.85. The van der Waals surface area contributed by atoms with Gasteiger partial charge in [-0.25, -0.2) is 0 Å². The van der Waals surface area contributed by atoms with Crippen LogP contribution in [0.15, 0.2) is 24.3 Å². The molecule has 1 saturated carbocycles. The highest BCUT2D eigenvalue weighted by atomic mass is 16.4. The number of carboxylic acids is 1. The summed E-state index contributed by atoms with van der Waals surface area (Å²) >= 11 is 0. The number of benzene rings is 1. The maximum atomic E-state index is 12.0. The number of amides is 2. The largest absolute Gasteiger partial charge is 0.481 e. The molecule has 0 unspecified atom stereocenters. The van der Waals surface area contributed by atoms with Crippen molar-refractivity contribution >= 4 is 23.5 Å². The molecule has 0 spiro atoms. The molecular weight excluding hydrogens is 284 g/mol. The summed E-state index contributed by atoms with van der Waals surface area (Å²) in [6, 6.07) is 6.58. The molecule has 22 heavy (non-hydrogen) atoms. The summed E-state index contributed by atoms with van der Waals surface area (Å²) in [5.74, 6) is -1.14. The fourth-order valence-corrected chi connectivity index (χ4v) is 2.52. The van der Waals surface area contributed by atoms with Crippen LogP contribution < -0.4 is 10.6 Å². The van der Waals surface area contributed by atoms with Crippen LogP contribution in [0.4, 0.5) is 5.69 Å². The lowest BCUT2D eigenvalue weighted by molar-refractivity contribution is -0.136. The lowest BCUT2D eigenvalue weighted by Gasteiger charge is -2.10. The maximum Gasteiger partial charge on any atom is 0.305 e. The lowest BCUT2D eigenvalue weighted by atomic mass is 10.1. The molecule has 2 rings (SSSR count). The van der Waals surface area contributed by atoms with Gasteiger partial charge in [0.1, 0.15) is 0 Å². The number of nitrogens with one attached hydrogen (secondary N) is 2. The van der Waals surface area contributed by atoms with E-state index < -0.39 is 5.97 Å². The third kappa shape index (κ3) is 4.58. The van der Waals surface area contributed by atoms with Crippen molar-refractivity contribution in [2.45, 2.75) is 32.1 Å². The Hall–Kier alpha value is -2.37. The summed E-state index contributed by atoms with van der Waals surface area (Å²) in [4.78, 5) is 34.2. The molecule has 3 N–H and O–H groups in total. The Morgan fingerprint density at radius 3 is 2.32 bits per heavy atom. The van der Waals surface area contributed by atoms with E-state index in [1.807, 2.05) is 0 Å². The van der Waals surface area contributed by atoms with Crippen molar-refractivity contribution in [1.82, 2.24) is 5.32 Å². The van der Waals surface area contributed by atoms with Gasteiger partial charge in [0.25, 0.3) is 5.91 Å². The number of hydrogen-bond donors (Lipinski definition) is 3. The van der Waals surface area contributed by atoms with Crippen molar-refractivity contribution < 1.29 is 19.5 Å². The Bertz CT molecular complexity index is 548. The van der Waals surface area contributed by atoms with Gasteiger partial charge in [-0.3, -0.25) is 14.4 Å². The second-order valence-electron chi connectivity index (χ2n) is 5.45. The average Bonchev–Trinajstić information content (AvgIpc) is 3.02. The molecule has 0 bridgehead atoms. The van der Waals surface area contributed by atoms with Crippen molar-refractivity contribution in [3.05, 3.63) is 29.8 Å². The van der Waals surface area contributed by atoms with E-state index in [1.165, 1.54) is 0 Å². The van der Waals surface area contributed by atoms with Crippen LogP contribution in [0.25, 0.3) is 0 Å². The Kier molecular flexibility index (Phi) is 5.52. The predicted octanol–water partition coefficient (Wildman–Crippen LogP) is 2.02. The van der Waals surface area contributed by atoms with E-state index in [-0.39, 0.29) is 30.7 Å². The molecule has 0 heterocycles. The highest BCUT2D eigenvalue weighted by Gasteiger charge is 2.22. The summed E-state index contributed by atoms with van der Waals surface area (Å²) < 4.78 is 0. The number of aliphatic carboxylic acids is 1. The number of anilines is 1. The van der Waals surface area contributed by atoms with E-state index in [2.05, 4.69) is 10.6 Å². The normalized spacial score (nSPS) is 14.5. The molecule has 2 amide bonds. The van der Waals surface area contributed by atoms with Crippen LogP contribution in [-0.2, 0) is 9.59 Å². The highest BCUT2D eigenvalue weighted by molar-refractivity contribution is 5.96. The van der Waals surface area contributed by atoms with Crippen LogP contribution in [0.2, 0.25) is 0 Å². The summed E-state index contributed by atoms with van der Waals surface area (Å²) in [6.45, 7) is 0.0916. The summed E-state index contributed by atoms with van der Waals surface area (Å²) in [5.41, 5.74) is 1.10. The topological polar surface area (TPSA) is 95.5 Å². The highest BCUT2D eigenvalue weighted by Crippen LogP contribution is 2.26. The lowest BCUT2D eigenvalue weighted by Crippen LogP contribution is -2.26. The second kappa shape index (κ2) is 7.59. The molecular formula is C16H20N2O4. The van der Waals surface area contributed by atoms with Crippen molar-refractivity contribution in [3.63, 3.8) is 0 Å². The zero-order valence-electron chi connectivity index (χ0n) is 12.3. The summed E-state index contributed by atoms with van der Waals surface area (Å²) in [7, 11) is 0. The van der Waals surface area contributed by atoms with Gasteiger partial charge in [0.2, 0.25) is 5.91 Å². The minimum Gasteiger partial charge on any atom is -0.481 e. The van der Waals surface area contributed by atoms with Gasteiger partial charge in [-0.05, 0) is 37.1 Å². The minimum atomic E-state index is -0.953. The average molecular weight is 304 g/mol. The van der Waals surface area contributed by atoms with E-state index in [9.17, 15) is 14.4 Å². The van der Waals surface area contributed by atoms with E-state index >= 15 is 0 Å². The Morgan fingerprint density at radius 2 is 1.73 bits per heavy atom. The zero-order chi connectivity index (χ0) is 15.9. The van der Waals surface area contributed by atoms with E-state index in [0.29, 0.717) is 11.3 Å². The molecule has 1 aliphatic carbocycles. The first-order valence-corrected chi connectivity index (χ1v) is 7.47. The van der Waals surface area contributed by atoms with Gasteiger partial charge in [0.15, 0.2) is 0 Å². The third-order valence-electron chi connectivity index (χ3n) is 3.77. The van der Waals surface area contributed by atoms with Gasteiger partial charge in [0, 0.05) is 23.7 Å². The van der Waals surface area contributed by atoms with Gasteiger partial charge in [-0.15, -0.1) is 0 Å². The van der Waals surface area contributed by atoms with Crippen LogP contribution in [0.1, 0.15) is 42.5 Å². The molecule has 1 aromatic carbocycles. The quantitative estimate of drug-likeness (QED) is 0.749. The van der Waals surface area contributed by atoms with E-state index in [4.69, 9.17) is 5.11 Å². The molecule has 118 valence electrons. The van der Waals surface area contributed by atoms with Crippen LogP contribution >= 0.6 is 0 Å². The number of carbonyl (C=O) groups excluding carboxylic acids is 2. The Morgan fingerprint density at radius 1 is 1.09 bits per heavy atom. The Labute approximate surface area is 128 Å². The predicted molar refractivity (Wildman–Crippen MR) is 81.6 cm³/mol. The molecule has 0 aromatic heterocycles. The summed E-state index contributed by atoms with van der Waals surface area (Å²) in [6.07, 6.45) is 3.98. The van der Waals surface area contributed by atoms with Gasteiger partial charge in [-0.2, -0.15) is 0 Å². The number of carbonyl (C=O) groups is 3. The van der Waals surface area contributed by atoms with Crippen LogP contribution in [0.3, 0.4) is 0 Å².